The van der Waals surface area contributed by atoms with E-state index >= 15 is 0 Å². The van der Waals surface area contributed by atoms with Crippen LogP contribution in [0.15, 0.2) is 53.7 Å². The van der Waals surface area contributed by atoms with Crippen molar-refractivity contribution in [2.75, 3.05) is 12.4 Å². The smallest absolute Gasteiger partial charge is 0.193 e. The fourth-order valence-electron chi connectivity index (χ4n) is 2.40. The van der Waals surface area contributed by atoms with Crippen molar-refractivity contribution in [1.29, 1.82) is 0 Å². The van der Waals surface area contributed by atoms with Gasteiger partial charge in [-0.3, -0.25) is 0 Å². The number of hydrogen-bond acceptors (Lipinski definition) is 4. The van der Waals surface area contributed by atoms with E-state index in [1.54, 1.807) is 11.8 Å². The number of anilines is 1. The molecular formula is C19H23IN6O. The molecule has 0 saturated carbocycles. The topological polar surface area (TPSA) is 90.3 Å². The highest BCUT2D eigenvalue weighted by molar-refractivity contribution is 14.0. The Morgan fingerprint density at radius 3 is 2.56 bits per heavy atom. The van der Waals surface area contributed by atoms with E-state index in [2.05, 4.69) is 34.5 Å². The molecule has 3 aromatic rings. The molecule has 0 aliphatic carbocycles. The summed E-state index contributed by atoms with van der Waals surface area (Å²) in [7, 11) is 1.64. The van der Waals surface area contributed by atoms with Gasteiger partial charge in [0.2, 0.25) is 0 Å². The molecule has 0 saturated heterocycles. The Bertz CT molecular complexity index is 920. The molecule has 0 fully saturated rings. The minimum Gasteiger partial charge on any atom is -0.497 e. The highest BCUT2D eigenvalue weighted by atomic mass is 127. The first-order valence-corrected chi connectivity index (χ1v) is 8.25. The molecule has 142 valence electrons. The first-order valence-electron chi connectivity index (χ1n) is 8.25. The maximum absolute atomic E-state index is 5.96. The van der Waals surface area contributed by atoms with Crippen molar-refractivity contribution in [2.45, 2.75) is 20.4 Å². The highest BCUT2D eigenvalue weighted by Crippen LogP contribution is 2.15. The van der Waals surface area contributed by atoms with Crippen LogP contribution in [0, 0.1) is 13.8 Å². The first-order chi connectivity index (χ1) is 12.5. The molecule has 0 aliphatic heterocycles. The van der Waals surface area contributed by atoms with Crippen LogP contribution in [0.5, 0.6) is 5.75 Å². The number of methoxy groups -OCH3 is 1. The summed E-state index contributed by atoms with van der Waals surface area (Å²) in [4.78, 5) is 4.32. The second kappa shape index (κ2) is 9.36. The Balaban J connectivity index is 0.00000261. The molecule has 1 aromatic heterocycles. The number of nitrogens with zero attached hydrogens (tertiary/aromatic N) is 4. The number of nitrogens with one attached hydrogen (secondary N) is 1. The van der Waals surface area contributed by atoms with Gasteiger partial charge in [0.25, 0.3) is 0 Å². The van der Waals surface area contributed by atoms with Gasteiger partial charge in [0.1, 0.15) is 11.4 Å². The fraction of sp³-hybridized carbons (Fsp3) is 0.211. The maximum atomic E-state index is 5.96. The summed E-state index contributed by atoms with van der Waals surface area (Å²) in [6.45, 7) is 4.48. The van der Waals surface area contributed by atoms with E-state index in [0.29, 0.717) is 12.5 Å². The average molecular weight is 478 g/mol. The number of aromatic nitrogens is 3. The second-order valence-electron chi connectivity index (χ2n) is 5.98. The minimum absolute atomic E-state index is 0. The van der Waals surface area contributed by atoms with E-state index in [9.17, 15) is 0 Å². The molecule has 3 N–H and O–H groups in total. The van der Waals surface area contributed by atoms with E-state index in [4.69, 9.17) is 10.5 Å². The van der Waals surface area contributed by atoms with E-state index in [1.165, 1.54) is 11.1 Å². The molecule has 0 unspecified atom stereocenters. The summed E-state index contributed by atoms with van der Waals surface area (Å²) in [6, 6.07) is 13.6. The molecule has 2 aromatic carbocycles. The third kappa shape index (κ3) is 5.43. The third-order valence-corrected chi connectivity index (χ3v) is 4.07. The Morgan fingerprint density at radius 1 is 1.15 bits per heavy atom. The van der Waals surface area contributed by atoms with Crippen molar-refractivity contribution in [3.63, 3.8) is 0 Å². The zero-order valence-corrected chi connectivity index (χ0v) is 17.8. The van der Waals surface area contributed by atoms with Gasteiger partial charge in [0.05, 0.1) is 25.5 Å². The Kier molecular flexibility index (Phi) is 7.17. The zero-order valence-electron chi connectivity index (χ0n) is 15.5. The number of ether oxygens (including phenoxy) is 1. The van der Waals surface area contributed by atoms with E-state index in [1.807, 2.05) is 48.7 Å². The minimum atomic E-state index is 0. The predicted molar refractivity (Wildman–Crippen MR) is 118 cm³/mol. The Morgan fingerprint density at radius 2 is 1.89 bits per heavy atom. The van der Waals surface area contributed by atoms with Crippen LogP contribution in [0.25, 0.3) is 5.69 Å². The average Bonchev–Trinajstić information content (AvgIpc) is 3.12. The SMILES string of the molecule is COc1ccc(-n2cc(CN=C(N)Nc3ccc(C)c(C)c3)nn2)cc1.I. The van der Waals surface area contributed by atoms with Crippen LogP contribution >= 0.6 is 24.0 Å². The van der Waals surface area contributed by atoms with Crippen molar-refractivity contribution in [3.05, 3.63) is 65.5 Å². The number of rotatable bonds is 5. The second-order valence-corrected chi connectivity index (χ2v) is 5.98. The summed E-state index contributed by atoms with van der Waals surface area (Å²) in [5.41, 5.74) is 10.9. The van der Waals surface area contributed by atoms with Crippen LogP contribution in [-0.4, -0.2) is 28.1 Å². The molecule has 27 heavy (non-hydrogen) atoms. The summed E-state index contributed by atoms with van der Waals surface area (Å²) < 4.78 is 6.85. The van der Waals surface area contributed by atoms with Crippen molar-refractivity contribution >= 4 is 35.6 Å². The largest absolute Gasteiger partial charge is 0.497 e. The van der Waals surface area contributed by atoms with Crippen LogP contribution in [0.1, 0.15) is 16.8 Å². The lowest BCUT2D eigenvalue weighted by molar-refractivity contribution is 0.414. The summed E-state index contributed by atoms with van der Waals surface area (Å²) >= 11 is 0. The Labute approximate surface area is 175 Å². The number of guanidine groups is 1. The first kappa shape index (κ1) is 20.7. The molecule has 0 spiro atoms. The summed E-state index contributed by atoms with van der Waals surface area (Å²) in [5, 5.41) is 11.3. The predicted octanol–water partition coefficient (Wildman–Crippen LogP) is 3.44. The van der Waals surface area contributed by atoms with Crippen LogP contribution in [-0.2, 0) is 6.54 Å². The van der Waals surface area contributed by atoms with Crippen molar-refractivity contribution < 1.29 is 4.74 Å². The number of halogens is 1. The van der Waals surface area contributed by atoms with Crippen molar-refractivity contribution in [1.82, 2.24) is 15.0 Å². The summed E-state index contributed by atoms with van der Waals surface area (Å²) in [5.74, 6) is 1.14. The monoisotopic (exact) mass is 478 g/mol. The van der Waals surface area contributed by atoms with Gasteiger partial charge in [-0.05, 0) is 61.4 Å². The van der Waals surface area contributed by atoms with Gasteiger partial charge in [-0.2, -0.15) is 0 Å². The van der Waals surface area contributed by atoms with E-state index in [0.717, 1.165) is 22.8 Å². The number of hydrogen-bond donors (Lipinski definition) is 2. The molecule has 0 bridgehead atoms. The molecule has 0 aliphatic rings. The Hall–Kier alpha value is -2.62. The molecular weight excluding hydrogens is 455 g/mol. The normalized spacial score (nSPS) is 11.0. The van der Waals surface area contributed by atoms with Gasteiger partial charge in [0.15, 0.2) is 5.96 Å². The number of benzene rings is 2. The van der Waals surface area contributed by atoms with Gasteiger partial charge in [-0.1, -0.05) is 11.3 Å². The quantitative estimate of drug-likeness (QED) is 0.333. The molecule has 3 rings (SSSR count). The zero-order chi connectivity index (χ0) is 18.5. The molecule has 1 heterocycles. The van der Waals surface area contributed by atoms with Crippen LogP contribution in [0.3, 0.4) is 0 Å². The molecule has 0 radical (unpaired) electrons. The lowest BCUT2D eigenvalue weighted by Crippen LogP contribution is -2.22. The lowest BCUT2D eigenvalue weighted by Gasteiger charge is -2.07. The van der Waals surface area contributed by atoms with Crippen molar-refractivity contribution in [3.8, 4) is 11.4 Å². The van der Waals surface area contributed by atoms with Gasteiger partial charge < -0.3 is 15.8 Å². The van der Waals surface area contributed by atoms with Crippen molar-refractivity contribution in [2.24, 2.45) is 10.7 Å². The van der Waals surface area contributed by atoms with Gasteiger partial charge in [-0.15, -0.1) is 29.1 Å². The van der Waals surface area contributed by atoms with Crippen LogP contribution < -0.4 is 15.8 Å². The number of aliphatic imine (C=N–C) groups is 1. The van der Waals surface area contributed by atoms with Crippen LogP contribution in [0.2, 0.25) is 0 Å². The van der Waals surface area contributed by atoms with E-state index in [-0.39, 0.29) is 24.0 Å². The molecule has 8 heteroatoms. The van der Waals surface area contributed by atoms with Gasteiger partial charge in [-0.25, -0.2) is 9.67 Å². The fourth-order valence-corrected chi connectivity index (χ4v) is 2.40. The highest BCUT2D eigenvalue weighted by Gasteiger charge is 2.04. The summed E-state index contributed by atoms with van der Waals surface area (Å²) in [6.07, 6.45) is 1.83. The van der Waals surface area contributed by atoms with Gasteiger partial charge in [0, 0.05) is 5.69 Å². The maximum Gasteiger partial charge on any atom is 0.193 e. The van der Waals surface area contributed by atoms with E-state index < -0.39 is 0 Å². The standard InChI is InChI=1S/C19H22N6O.HI/c1-13-4-5-15(10-14(13)2)22-19(20)21-11-16-12-25(24-23-16)17-6-8-18(26-3)9-7-17;/h4-10,12H,11H2,1-3H3,(H3,20,21,22);1H. The van der Waals surface area contributed by atoms with Gasteiger partial charge >= 0.3 is 0 Å². The number of nitrogens with two attached hydrogens (primary N) is 1. The number of aryl methyl sites for hydroxylation is 2. The lowest BCUT2D eigenvalue weighted by atomic mass is 10.1. The molecule has 0 atom stereocenters. The molecule has 0 amide bonds. The third-order valence-electron chi connectivity index (χ3n) is 4.07. The molecule has 7 nitrogen and oxygen atoms in total. The van der Waals surface area contributed by atoms with Crippen LogP contribution in [0.4, 0.5) is 5.69 Å².